The van der Waals surface area contributed by atoms with E-state index in [1.54, 1.807) is 11.8 Å². The van der Waals surface area contributed by atoms with E-state index in [1.165, 1.54) is 0 Å². The molecule has 49 heavy (non-hydrogen) atoms. The molecule has 9 atom stereocenters. The molecule has 0 aliphatic carbocycles. The molecule has 2 aromatic heterocycles. The Morgan fingerprint density at radius 2 is 1.94 bits per heavy atom. The highest BCUT2D eigenvalue weighted by atomic mass is 32.2. The van der Waals surface area contributed by atoms with Gasteiger partial charge in [-0.05, 0) is 23.5 Å². The third-order valence-corrected chi connectivity index (χ3v) is 12.6. The summed E-state index contributed by atoms with van der Waals surface area (Å²) in [6.45, 7) is -1.10. The Hall–Kier alpha value is -2.92. The molecule has 0 spiro atoms. The lowest BCUT2D eigenvalue weighted by Gasteiger charge is -2.22. The van der Waals surface area contributed by atoms with Crippen LogP contribution in [0.25, 0.3) is 21.6 Å². The number of aliphatic hydroxyl groups is 1. The summed E-state index contributed by atoms with van der Waals surface area (Å²) in [4.78, 5) is 76.0. The van der Waals surface area contributed by atoms with Crippen molar-refractivity contribution in [1.82, 2.24) is 30.2 Å². The van der Waals surface area contributed by atoms with Crippen LogP contribution in [0.15, 0.2) is 11.4 Å². The second-order valence-corrected chi connectivity index (χ2v) is 16.4. The molecule has 3 aliphatic rings. The van der Waals surface area contributed by atoms with Crippen LogP contribution in [0.3, 0.4) is 0 Å². The van der Waals surface area contributed by atoms with E-state index in [4.69, 9.17) is 30.5 Å². The van der Waals surface area contributed by atoms with Crippen molar-refractivity contribution in [3.05, 3.63) is 16.8 Å². The first-order chi connectivity index (χ1) is 23.0. The van der Waals surface area contributed by atoms with Gasteiger partial charge in [0.05, 0.1) is 18.7 Å². The van der Waals surface area contributed by atoms with Crippen molar-refractivity contribution in [1.29, 1.82) is 0 Å². The molecule has 29 heteroatoms. The molecule has 3 saturated heterocycles. The van der Waals surface area contributed by atoms with E-state index in [0.717, 1.165) is 16.6 Å². The van der Waals surface area contributed by atoms with Crippen LogP contribution in [0, 0.1) is 0 Å². The van der Waals surface area contributed by atoms with Crippen LogP contribution in [0.1, 0.15) is 31.9 Å². The highest BCUT2D eigenvalue weighted by Gasteiger charge is 2.50. The number of nitrogens with two attached hydrogens (primary N) is 1. The third-order valence-electron chi connectivity index (χ3n) is 7.33. The Morgan fingerprint density at radius 1 is 1.18 bits per heavy atom. The number of anilines is 1. The molecule has 0 bridgehead atoms. The molecule has 9 N–H and O–H groups in total. The monoisotopic (exact) mass is 774 g/mol. The number of hydrogen-bond donors (Lipinski definition) is 8. The number of thioether (sulfide) groups is 1. The first-order valence-corrected chi connectivity index (χ1v) is 19.6. The average Bonchev–Trinajstić information content (AvgIpc) is 3.71. The van der Waals surface area contributed by atoms with Crippen LogP contribution in [0.5, 0.6) is 0 Å². The molecule has 2 amide bonds. The molecular formula is C20H29N10O15P3S. The summed E-state index contributed by atoms with van der Waals surface area (Å²) >= 11 is 1.70. The number of nitrogens with zero attached hydrogens (tertiary/aromatic N) is 7. The van der Waals surface area contributed by atoms with E-state index in [-0.39, 0.29) is 46.8 Å². The lowest BCUT2D eigenvalue weighted by Crippen LogP contribution is -2.38. The normalized spacial score (nSPS) is 29.0. The van der Waals surface area contributed by atoms with E-state index in [2.05, 4.69) is 48.8 Å². The van der Waals surface area contributed by atoms with Gasteiger partial charge in [-0.15, -0.1) is 0 Å². The predicted molar refractivity (Wildman–Crippen MR) is 162 cm³/mol. The summed E-state index contributed by atoms with van der Waals surface area (Å²) in [7, 11) is -17.2. The zero-order valence-corrected chi connectivity index (χ0v) is 28.1. The molecule has 25 nitrogen and oxygen atoms in total. The van der Waals surface area contributed by atoms with Gasteiger partial charge in [0.2, 0.25) is 5.95 Å². The molecule has 0 saturated carbocycles. The Labute approximate surface area is 278 Å². The van der Waals surface area contributed by atoms with Crippen molar-refractivity contribution in [2.75, 3.05) is 18.1 Å². The van der Waals surface area contributed by atoms with Gasteiger partial charge in [-0.2, -0.15) is 20.4 Å². The Kier molecular flexibility index (Phi) is 11.2. The van der Waals surface area contributed by atoms with E-state index < -0.39 is 66.5 Å². The number of phosphoric ester groups is 1. The van der Waals surface area contributed by atoms with E-state index in [0.29, 0.717) is 19.3 Å². The lowest BCUT2D eigenvalue weighted by atomic mass is 10.0. The van der Waals surface area contributed by atoms with Gasteiger partial charge in [0.1, 0.15) is 18.5 Å². The second kappa shape index (κ2) is 14.7. The maximum Gasteiger partial charge on any atom is 0.490 e. The van der Waals surface area contributed by atoms with Gasteiger partial charge in [0.25, 0.3) is 0 Å². The number of imidazole rings is 1. The molecule has 0 radical (unpaired) electrons. The highest BCUT2D eigenvalue weighted by molar-refractivity contribution is 8.00. The average molecular weight is 774 g/mol. The number of phosphoric acid groups is 3. The fraction of sp³-hybridized carbons (Fsp3) is 0.650. The lowest BCUT2D eigenvalue weighted by molar-refractivity contribution is -0.156. The van der Waals surface area contributed by atoms with Gasteiger partial charge in [-0.1, -0.05) is 6.42 Å². The number of azide groups is 1. The number of carbonyl (C=O) groups excluding carboxylic acids is 2. The number of fused-ring (bicyclic) bond motifs is 2. The molecule has 5 unspecified atom stereocenters. The van der Waals surface area contributed by atoms with E-state index in [1.807, 2.05) is 0 Å². The molecule has 5 rings (SSSR count). The second-order valence-electron chi connectivity index (χ2n) is 10.7. The molecular weight excluding hydrogens is 745 g/mol. The Morgan fingerprint density at radius 3 is 2.65 bits per heavy atom. The zero-order valence-electron chi connectivity index (χ0n) is 24.6. The molecule has 3 aliphatic heterocycles. The van der Waals surface area contributed by atoms with Crippen LogP contribution < -0.4 is 16.4 Å². The van der Waals surface area contributed by atoms with Gasteiger partial charge in [-0.3, -0.25) is 13.9 Å². The number of aliphatic hydroxyl groups excluding tert-OH is 1. The SMILES string of the molecule is [N-]=[N+]=Nc1nc2c(N)ncnc2n1[C@@H]1O[C@H](COP(=O)(O)OP(=O)(O)OP(=O)(O)O)[C@@H](OC(=O)CCCCC2SCC3NC(=O)NC32)[C@H]1O. The van der Waals surface area contributed by atoms with Crippen molar-refractivity contribution in [3.8, 4) is 0 Å². The molecule has 5 heterocycles. The van der Waals surface area contributed by atoms with E-state index in [9.17, 15) is 38.2 Å². The standard InChI is InChI=1S/C20H29N10O15P3S/c21-16-13-17(24-7-23-16)30(19(26-13)28-29-22)18-14(32)15(9(42-18)5-41-47(37,38)45-48(39,40)44-46(34,35)36)43-11(31)4-2-1-3-10-12-8(6-49-10)25-20(33)27-12/h7-10,12,14-15,18,32H,1-6H2,(H,37,38)(H,39,40)(H2,21,23,24)(H2,25,27,33)(H2,34,35,36)/t8?,9-,10?,12?,14-,15-,18-/m1/s1. The van der Waals surface area contributed by atoms with Crippen LogP contribution in [0.4, 0.5) is 16.6 Å². The van der Waals surface area contributed by atoms with Gasteiger partial charge >= 0.3 is 35.5 Å². The minimum Gasteiger partial charge on any atom is -0.457 e. The number of amides is 2. The van der Waals surface area contributed by atoms with Crippen molar-refractivity contribution in [2.45, 2.75) is 67.6 Å². The molecule has 0 aromatic carbocycles. The smallest absolute Gasteiger partial charge is 0.457 e. The van der Waals surface area contributed by atoms with Crippen LogP contribution in [-0.2, 0) is 41.1 Å². The summed E-state index contributed by atoms with van der Waals surface area (Å²) in [5.74, 6) is -0.643. The van der Waals surface area contributed by atoms with Crippen LogP contribution >= 0.6 is 35.2 Å². The van der Waals surface area contributed by atoms with Gasteiger partial charge in [0.15, 0.2) is 29.3 Å². The minimum absolute atomic E-state index is 0.0286. The maximum absolute atomic E-state index is 12.9. The molecule has 3 fully saturated rings. The number of hydrogen-bond acceptors (Lipinski definition) is 17. The maximum atomic E-state index is 12.9. The Balaban J connectivity index is 1.30. The van der Waals surface area contributed by atoms with Crippen molar-refractivity contribution >= 4 is 70.2 Å². The van der Waals surface area contributed by atoms with E-state index >= 15 is 0 Å². The molecule has 270 valence electrons. The van der Waals surface area contributed by atoms with Gasteiger partial charge in [-0.25, -0.2) is 33.4 Å². The summed E-state index contributed by atoms with van der Waals surface area (Å²) in [5, 5.41) is 20.6. The number of carbonyl (C=O) groups is 2. The zero-order chi connectivity index (χ0) is 35.7. The quantitative estimate of drug-likeness (QED) is 0.0233. The summed E-state index contributed by atoms with van der Waals surface area (Å²) in [5.41, 5.74) is 14.8. The molecule has 2 aromatic rings. The summed E-state index contributed by atoms with van der Waals surface area (Å²) in [6, 6.07) is -0.230. The number of aromatic nitrogens is 4. The highest BCUT2D eigenvalue weighted by Crippen LogP contribution is 2.66. The largest absolute Gasteiger partial charge is 0.490 e. The third kappa shape index (κ3) is 9.06. The van der Waals surface area contributed by atoms with Gasteiger partial charge < -0.3 is 50.5 Å². The minimum atomic E-state index is -5.87. The number of ether oxygens (including phenoxy) is 2. The number of unbranched alkanes of at least 4 members (excludes halogenated alkanes) is 1. The fourth-order valence-corrected chi connectivity index (χ4v) is 9.99. The summed E-state index contributed by atoms with van der Waals surface area (Å²) < 4.78 is 59.4. The number of urea groups is 1. The number of nitrogens with one attached hydrogen (secondary N) is 2. The first kappa shape index (κ1) is 37.3. The van der Waals surface area contributed by atoms with Crippen molar-refractivity contribution in [3.63, 3.8) is 0 Å². The first-order valence-electron chi connectivity index (χ1n) is 14.0. The topological polar surface area (TPSA) is 375 Å². The van der Waals surface area contributed by atoms with Gasteiger partial charge in [0, 0.05) is 22.3 Å². The predicted octanol–water partition coefficient (Wildman–Crippen LogP) is 0.589. The van der Waals surface area contributed by atoms with Crippen molar-refractivity contribution < 1.29 is 70.6 Å². The van der Waals surface area contributed by atoms with Crippen molar-refractivity contribution in [2.24, 2.45) is 5.11 Å². The number of rotatable bonds is 15. The Bertz CT molecular complexity index is 1790. The van der Waals surface area contributed by atoms with Crippen LogP contribution in [-0.4, -0.2) is 104 Å². The number of esters is 1. The fourth-order valence-electron chi connectivity index (χ4n) is 5.41. The summed E-state index contributed by atoms with van der Waals surface area (Å²) in [6.07, 6.45) is -4.29. The van der Waals surface area contributed by atoms with Crippen LogP contribution in [0.2, 0.25) is 0 Å². The number of nitrogen functional groups attached to an aromatic ring is 1.